The number of rotatable bonds is 1. The summed E-state index contributed by atoms with van der Waals surface area (Å²) in [6.45, 7) is 3.67. The maximum absolute atomic E-state index is 14.7. The Bertz CT molecular complexity index is 970. The van der Waals surface area contributed by atoms with Gasteiger partial charge in [-0.15, -0.1) is 0 Å². The molecule has 1 unspecified atom stereocenters. The van der Waals surface area contributed by atoms with E-state index in [1.807, 2.05) is 18.2 Å². The molecule has 2 aliphatic heterocycles. The van der Waals surface area contributed by atoms with Crippen molar-refractivity contribution in [3.05, 3.63) is 59.2 Å². The highest BCUT2D eigenvalue weighted by Gasteiger charge is 2.32. The summed E-state index contributed by atoms with van der Waals surface area (Å²) < 4.78 is 55.1. The smallest absolute Gasteiger partial charge is 0.261 e. The zero-order valence-corrected chi connectivity index (χ0v) is 17.9. The largest absolute Gasteiger partial charge is 0.304 e. The minimum absolute atomic E-state index is 0.111. The zero-order valence-electron chi connectivity index (χ0n) is 16.3. The summed E-state index contributed by atoms with van der Waals surface area (Å²) in [6, 6.07) is 10.4. The van der Waals surface area contributed by atoms with Gasteiger partial charge >= 0.3 is 0 Å². The van der Waals surface area contributed by atoms with Crippen LogP contribution >= 0.6 is 11.8 Å². The SMILES string of the molecule is CN1CCN(C2Cc3ccccc3Sc3c(F)ccc(F)c32)CC1.CS(=O)(=O)O. The first kappa shape index (κ1) is 22.2. The number of hydrogen-bond donors (Lipinski definition) is 1. The highest BCUT2D eigenvalue weighted by molar-refractivity contribution is 7.99. The molecule has 2 aromatic carbocycles. The Morgan fingerprint density at radius 2 is 1.62 bits per heavy atom. The van der Waals surface area contributed by atoms with Gasteiger partial charge in [-0.2, -0.15) is 8.42 Å². The van der Waals surface area contributed by atoms with Crippen molar-refractivity contribution in [2.45, 2.75) is 22.3 Å². The van der Waals surface area contributed by atoms with Gasteiger partial charge in [0.05, 0.1) is 11.2 Å². The Labute approximate surface area is 174 Å². The molecule has 0 aliphatic carbocycles. The van der Waals surface area contributed by atoms with Gasteiger partial charge in [0.1, 0.15) is 11.6 Å². The lowest BCUT2D eigenvalue weighted by molar-refractivity contribution is 0.107. The average Bonchev–Trinajstić information content (AvgIpc) is 2.82. The molecular weight excluding hydrogens is 418 g/mol. The van der Waals surface area contributed by atoms with Gasteiger partial charge in [-0.1, -0.05) is 30.0 Å². The van der Waals surface area contributed by atoms with Crippen molar-refractivity contribution in [1.82, 2.24) is 9.80 Å². The summed E-state index contributed by atoms with van der Waals surface area (Å²) in [5.41, 5.74) is 1.70. The van der Waals surface area contributed by atoms with E-state index in [4.69, 9.17) is 4.55 Å². The summed E-state index contributed by atoms with van der Waals surface area (Å²) >= 11 is 1.36. The van der Waals surface area contributed by atoms with E-state index in [2.05, 4.69) is 22.9 Å². The molecule has 29 heavy (non-hydrogen) atoms. The van der Waals surface area contributed by atoms with E-state index in [1.54, 1.807) is 0 Å². The van der Waals surface area contributed by atoms with Gasteiger partial charge in [0.25, 0.3) is 10.1 Å². The molecule has 0 bridgehead atoms. The van der Waals surface area contributed by atoms with Crippen LogP contribution in [0.4, 0.5) is 8.78 Å². The van der Waals surface area contributed by atoms with Gasteiger partial charge in [-0.25, -0.2) is 8.78 Å². The Morgan fingerprint density at radius 3 is 2.28 bits per heavy atom. The molecule has 0 radical (unpaired) electrons. The lowest BCUT2D eigenvalue weighted by Gasteiger charge is -2.38. The highest BCUT2D eigenvalue weighted by Crippen LogP contribution is 2.45. The second kappa shape index (κ2) is 9.09. The van der Waals surface area contributed by atoms with Crippen LogP contribution in [0.1, 0.15) is 17.2 Å². The van der Waals surface area contributed by atoms with Crippen molar-refractivity contribution in [3.8, 4) is 0 Å². The predicted molar refractivity (Wildman–Crippen MR) is 110 cm³/mol. The Balaban J connectivity index is 0.000000431. The first-order chi connectivity index (χ1) is 13.6. The topological polar surface area (TPSA) is 60.9 Å². The molecule has 5 nitrogen and oxygen atoms in total. The number of benzene rings is 2. The fourth-order valence-corrected chi connectivity index (χ4v) is 4.76. The molecule has 0 aromatic heterocycles. The van der Waals surface area contributed by atoms with Crippen LogP contribution in [-0.4, -0.2) is 62.3 Å². The maximum Gasteiger partial charge on any atom is 0.261 e. The van der Waals surface area contributed by atoms with Crippen molar-refractivity contribution in [1.29, 1.82) is 0 Å². The molecule has 4 rings (SSSR count). The van der Waals surface area contributed by atoms with Crippen LogP contribution < -0.4 is 0 Å². The normalized spacial score (nSPS) is 20.1. The van der Waals surface area contributed by atoms with E-state index in [1.165, 1.54) is 29.5 Å². The second-order valence-electron chi connectivity index (χ2n) is 7.27. The molecule has 2 heterocycles. The van der Waals surface area contributed by atoms with Crippen LogP contribution in [0.25, 0.3) is 0 Å². The summed E-state index contributed by atoms with van der Waals surface area (Å²) in [6.07, 6.45) is 1.44. The third kappa shape index (κ3) is 5.76. The van der Waals surface area contributed by atoms with Crippen molar-refractivity contribution in [2.24, 2.45) is 0 Å². The summed E-state index contributed by atoms with van der Waals surface area (Å²) in [4.78, 5) is 6.06. The van der Waals surface area contributed by atoms with E-state index in [0.29, 0.717) is 16.7 Å². The quantitative estimate of drug-likeness (QED) is 0.683. The maximum atomic E-state index is 14.7. The van der Waals surface area contributed by atoms with Gasteiger partial charge in [0.2, 0.25) is 0 Å². The van der Waals surface area contributed by atoms with Gasteiger partial charge in [-0.3, -0.25) is 9.45 Å². The molecule has 0 spiro atoms. The molecular formula is C20H24F2N2O3S2. The van der Waals surface area contributed by atoms with Gasteiger partial charge in [0.15, 0.2) is 0 Å². The standard InChI is InChI=1S/C19H20F2N2S.CH4O3S/c1-22-8-10-23(11-9-22)16-12-13-4-2-3-5-17(13)24-19-15(21)7-6-14(20)18(16)19;1-5(2,3)4/h2-7,16H,8-12H2,1H3;1H3,(H,2,3,4). The van der Waals surface area contributed by atoms with Crippen LogP contribution in [0.3, 0.4) is 0 Å². The Kier molecular flexibility index (Phi) is 6.95. The van der Waals surface area contributed by atoms with E-state index >= 15 is 0 Å². The van der Waals surface area contributed by atoms with Crippen LogP contribution in [0.2, 0.25) is 0 Å². The van der Waals surface area contributed by atoms with Crippen molar-refractivity contribution < 1.29 is 21.8 Å². The van der Waals surface area contributed by atoms with Crippen LogP contribution in [0.5, 0.6) is 0 Å². The van der Waals surface area contributed by atoms with Crippen molar-refractivity contribution in [3.63, 3.8) is 0 Å². The zero-order chi connectivity index (χ0) is 21.2. The summed E-state index contributed by atoms with van der Waals surface area (Å²) in [5, 5.41) is 0. The molecule has 1 fully saturated rings. The molecule has 158 valence electrons. The van der Waals surface area contributed by atoms with E-state index in [9.17, 15) is 17.2 Å². The van der Waals surface area contributed by atoms with E-state index < -0.39 is 10.1 Å². The second-order valence-corrected chi connectivity index (χ2v) is 9.79. The minimum atomic E-state index is -3.67. The van der Waals surface area contributed by atoms with E-state index in [-0.39, 0.29) is 17.7 Å². The lowest BCUT2D eigenvalue weighted by Crippen LogP contribution is -2.46. The third-order valence-electron chi connectivity index (χ3n) is 5.00. The summed E-state index contributed by atoms with van der Waals surface area (Å²) in [5.74, 6) is -0.622. The molecule has 0 saturated carbocycles. The summed E-state index contributed by atoms with van der Waals surface area (Å²) in [7, 11) is -1.57. The molecule has 2 aliphatic rings. The van der Waals surface area contributed by atoms with Crippen LogP contribution in [-0.2, 0) is 16.5 Å². The highest BCUT2D eigenvalue weighted by atomic mass is 32.2. The molecule has 1 N–H and O–H groups in total. The Hall–Kier alpha value is -1.52. The lowest BCUT2D eigenvalue weighted by atomic mass is 9.96. The van der Waals surface area contributed by atoms with Crippen LogP contribution in [0.15, 0.2) is 46.2 Å². The van der Waals surface area contributed by atoms with Crippen LogP contribution in [0, 0.1) is 11.6 Å². The number of hydrogen-bond acceptors (Lipinski definition) is 5. The number of fused-ring (bicyclic) bond motifs is 2. The monoisotopic (exact) mass is 442 g/mol. The first-order valence-electron chi connectivity index (χ1n) is 9.22. The van der Waals surface area contributed by atoms with Gasteiger partial charge < -0.3 is 4.90 Å². The van der Waals surface area contributed by atoms with Gasteiger partial charge in [0, 0.05) is 42.7 Å². The molecule has 1 saturated heterocycles. The Morgan fingerprint density at radius 1 is 1.03 bits per heavy atom. The fraction of sp³-hybridized carbons (Fsp3) is 0.400. The number of halogens is 2. The molecule has 9 heteroatoms. The van der Waals surface area contributed by atoms with Crippen molar-refractivity contribution in [2.75, 3.05) is 39.5 Å². The van der Waals surface area contributed by atoms with E-state index in [0.717, 1.165) is 37.5 Å². The number of likely N-dealkylation sites (N-methyl/N-ethyl adjacent to an activating group) is 1. The number of nitrogens with zero attached hydrogens (tertiary/aromatic N) is 2. The first-order valence-corrected chi connectivity index (χ1v) is 11.9. The number of piperazine rings is 1. The van der Waals surface area contributed by atoms with Crippen molar-refractivity contribution >= 4 is 21.9 Å². The third-order valence-corrected chi connectivity index (χ3v) is 6.24. The van der Waals surface area contributed by atoms with Gasteiger partial charge in [-0.05, 0) is 37.2 Å². The average molecular weight is 443 g/mol. The molecule has 1 atom stereocenters. The molecule has 0 amide bonds. The molecule has 2 aromatic rings. The predicted octanol–water partition coefficient (Wildman–Crippen LogP) is 3.46. The minimum Gasteiger partial charge on any atom is -0.304 e. The fourth-order valence-electron chi connectivity index (χ4n) is 3.60.